The van der Waals surface area contributed by atoms with E-state index in [1.807, 2.05) is 49.4 Å². The molecule has 0 saturated heterocycles. The van der Waals surface area contributed by atoms with Crippen molar-refractivity contribution in [2.24, 2.45) is 0 Å². The van der Waals surface area contributed by atoms with Crippen molar-refractivity contribution in [3.05, 3.63) is 77.1 Å². The Morgan fingerprint density at radius 2 is 1.73 bits per heavy atom. The molecular weight excluding hydrogens is 272 g/mol. The fourth-order valence-corrected chi connectivity index (χ4v) is 2.51. The molecule has 0 amide bonds. The molecule has 0 aliphatic carbocycles. The normalized spacial score (nSPS) is 10.4. The molecule has 0 aliphatic rings. The van der Waals surface area contributed by atoms with Crippen LogP contribution in [0.3, 0.4) is 0 Å². The predicted molar refractivity (Wildman–Crippen MR) is 84.7 cm³/mol. The summed E-state index contributed by atoms with van der Waals surface area (Å²) in [5, 5.41) is 17.5. The van der Waals surface area contributed by atoms with Crippen molar-refractivity contribution < 1.29 is 0 Å². The lowest BCUT2D eigenvalue weighted by Gasteiger charge is -2.09. The second kappa shape index (κ2) is 6.23. The van der Waals surface area contributed by atoms with Gasteiger partial charge in [-0.25, -0.2) is 4.68 Å². The Balaban J connectivity index is 1.95. The molecule has 0 radical (unpaired) electrons. The highest BCUT2D eigenvalue weighted by Crippen LogP contribution is 2.18. The molecule has 4 heteroatoms. The maximum absolute atomic E-state index is 9.28. The first-order valence-corrected chi connectivity index (χ1v) is 7.24. The number of rotatable bonds is 4. The first-order valence-electron chi connectivity index (χ1n) is 7.24. The van der Waals surface area contributed by atoms with Crippen LogP contribution in [0.2, 0.25) is 0 Å². The van der Waals surface area contributed by atoms with Gasteiger partial charge in [-0.2, -0.15) is 5.26 Å². The largest absolute Gasteiger partial charge is 0.216 e. The molecular formula is C18H16N4. The molecule has 0 spiro atoms. The summed E-state index contributed by atoms with van der Waals surface area (Å²) in [5.41, 5.74) is 4.58. The van der Waals surface area contributed by atoms with E-state index >= 15 is 0 Å². The van der Waals surface area contributed by atoms with Crippen molar-refractivity contribution in [2.75, 3.05) is 0 Å². The molecule has 0 saturated carbocycles. The zero-order valence-corrected chi connectivity index (χ0v) is 12.4. The second-order valence-electron chi connectivity index (χ2n) is 5.18. The van der Waals surface area contributed by atoms with Crippen molar-refractivity contribution >= 4 is 0 Å². The first-order chi connectivity index (χ1) is 10.8. The summed E-state index contributed by atoms with van der Waals surface area (Å²) in [5.74, 6) is 0. The molecule has 1 heterocycles. The standard InChI is InChI=1S/C18H16N4/c1-14-7-5-6-10-17(14)22-18(16(13-19)20-21-22)12-11-15-8-3-2-4-9-15/h2-10H,11-12H2,1H3. The van der Waals surface area contributed by atoms with Crippen LogP contribution in [0.4, 0.5) is 0 Å². The van der Waals surface area contributed by atoms with Crippen LogP contribution in [0.25, 0.3) is 5.69 Å². The highest BCUT2D eigenvalue weighted by molar-refractivity contribution is 5.42. The zero-order valence-electron chi connectivity index (χ0n) is 12.4. The molecule has 1 aromatic heterocycles. The van der Waals surface area contributed by atoms with E-state index in [0.717, 1.165) is 29.8 Å². The van der Waals surface area contributed by atoms with Gasteiger partial charge >= 0.3 is 0 Å². The van der Waals surface area contributed by atoms with Crippen molar-refractivity contribution in [2.45, 2.75) is 19.8 Å². The van der Waals surface area contributed by atoms with Crippen molar-refractivity contribution in [3.8, 4) is 11.8 Å². The van der Waals surface area contributed by atoms with Crippen LogP contribution >= 0.6 is 0 Å². The van der Waals surface area contributed by atoms with Gasteiger partial charge < -0.3 is 0 Å². The number of hydrogen-bond donors (Lipinski definition) is 0. The Labute approximate surface area is 129 Å². The molecule has 3 rings (SSSR count). The molecule has 0 atom stereocenters. The van der Waals surface area contributed by atoms with E-state index in [2.05, 4.69) is 28.5 Å². The fraction of sp³-hybridized carbons (Fsp3) is 0.167. The van der Waals surface area contributed by atoms with Gasteiger partial charge in [-0.15, -0.1) is 5.10 Å². The van der Waals surface area contributed by atoms with Gasteiger partial charge in [0.2, 0.25) is 0 Å². The second-order valence-corrected chi connectivity index (χ2v) is 5.18. The molecule has 0 N–H and O–H groups in total. The number of hydrogen-bond acceptors (Lipinski definition) is 3. The van der Waals surface area contributed by atoms with Crippen LogP contribution in [0.15, 0.2) is 54.6 Å². The molecule has 3 aromatic rings. The van der Waals surface area contributed by atoms with Crippen LogP contribution in [-0.4, -0.2) is 15.0 Å². The van der Waals surface area contributed by atoms with E-state index in [1.54, 1.807) is 4.68 Å². The molecule has 2 aromatic carbocycles. The average molecular weight is 288 g/mol. The number of nitrogens with zero attached hydrogens (tertiary/aromatic N) is 4. The van der Waals surface area contributed by atoms with Gasteiger partial charge in [-0.1, -0.05) is 53.7 Å². The molecule has 22 heavy (non-hydrogen) atoms. The maximum atomic E-state index is 9.28. The quantitative estimate of drug-likeness (QED) is 0.740. The summed E-state index contributed by atoms with van der Waals surface area (Å²) in [6.45, 7) is 2.03. The highest BCUT2D eigenvalue weighted by atomic mass is 15.4. The number of aryl methyl sites for hydroxylation is 2. The third-order valence-electron chi connectivity index (χ3n) is 3.71. The average Bonchev–Trinajstić information content (AvgIpc) is 2.97. The Hall–Kier alpha value is -2.93. The van der Waals surface area contributed by atoms with Crippen molar-refractivity contribution in [1.82, 2.24) is 15.0 Å². The summed E-state index contributed by atoms with van der Waals surface area (Å²) in [7, 11) is 0. The van der Waals surface area contributed by atoms with Crippen LogP contribution < -0.4 is 0 Å². The lowest BCUT2D eigenvalue weighted by Crippen LogP contribution is -2.06. The lowest BCUT2D eigenvalue weighted by molar-refractivity contribution is 0.748. The van der Waals surface area contributed by atoms with E-state index in [9.17, 15) is 5.26 Å². The van der Waals surface area contributed by atoms with E-state index in [-0.39, 0.29) is 0 Å². The monoisotopic (exact) mass is 288 g/mol. The summed E-state index contributed by atoms with van der Waals surface area (Å²) in [6, 6.07) is 20.4. The number of para-hydroxylation sites is 1. The van der Waals surface area contributed by atoms with Gasteiger partial charge in [0.25, 0.3) is 0 Å². The molecule has 0 unspecified atom stereocenters. The lowest BCUT2D eigenvalue weighted by atomic mass is 10.1. The first kappa shape index (κ1) is 14.0. The summed E-state index contributed by atoms with van der Waals surface area (Å²) < 4.78 is 1.79. The van der Waals surface area contributed by atoms with Crippen LogP contribution in [0.1, 0.15) is 22.5 Å². The Bertz CT molecular complexity index is 813. The number of nitriles is 1. The maximum Gasteiger partial charge on any atom is 0.186 e. The smallest absolute Gasteiger partial charge is 0.186 e. The minimum Gasteiger partial charge on any atom is -0.216 e. The Morgan fingerprint density at radius 1 is 1.00 bits per heavy atom. The topological polar surface area (TPSA) is 54.5 Å². The predicted octanol–water partition coefficient (Wildman–Crippen LogP) is 3.23. The van der Waals surface area contributed by atoms with Gasteiger partial charge in [0.1, 0.15) is 6.07 Å². The van der Waals surface area contributed by atoms with Crippen LogP contribution in [0, 0.1) is 18.3 Å². The molecule has 0 bridgehead atoms. The summed E-state index contributed by atoms with van der Waals surface area (Å²) >= 11 is 0. The van der Waals surface area contributed by atoms with Gasteiger partial charge in [0.15, 0.2) is 5.69 Å². The van der Waals surface area contributed by atoms with E-state index in [4.69, 9.17) is 0 Å². The van der Waals surface area contributed by atoms with E-state index in [0.29, 0.717) is 5.69 Å². The number of benzene rings is 2. The minimum absolute atomic E-state index is 0.402. The minimum atomic E-state index is 0.402. The SMILES string of the molecule is Cc1ccccc1-n1nnc(C#N)c1CCc1ccccc1. The third-order valence-corrected chi connectivity index (χ3v) is 3.71. The molecule has 108 valence electrons. The van der Waals surface area contributed by atoms with Crippen molar-refractivity contribution in [3.63, 3.8) is 0 Å². The molecule has 0 aliphatic heterocycles. The van der Waals surface area contributed by atoms with Crippen LogP contribution in [0.5, 0.6) is 0 Å². The fourth-order valence-electron chi connectivity index (χ4n) is 2.51. The Morgan fingerprint density at radius 3 is 2.45 bits per heavy atom. The molecule has 0 fully saturated rings. The van der Waals surface area contributed by atoms with Crippen LogP contribution in [-0.2, 0) is 12.8 Å². The van der Waals surface area contributed by atoms with Gasteiger partial charge in [-0.05, 0) is 37.0 Å². The van der Waals surface area contributed by atoms with Crippen molar-refractivity contribution in [1.29, 1.82) is 5.26 Å². The van der Waals surface area contributed by atoms with E-state index in [1.165, 1.54) is 5.56 Å². The summed E-state index contributed by atoms with van der Waals surface area (Å²) in [6.07, 6.45) is 1.59. The molecule has 4 nitrogen and oxygen atoms in total. The summed E-state index contributed by atoms with van der Waals surface area (Å²) in [4.78, 5) is 0. The van der Waals surface area contributed by atoms with E-state index < -0.39 is 0 Å². The van der Waals surface area contributed by atoms with Gasteiger partial charge in [0.05, 0.1) is 11.4 Å². The number of aromatic nitrogens is 3. The Kier molecular flexibility index (Phi) is 3.97. The van der Waals surface area contributed by atoms with Gasteiger partial charge in [0, 0.05) is 0 Å². The third kappa shape index (κ3) is 2.75. The highest BCUT2D eigenvalue weighted by Gasteiger charge is 2.15. The van der Waals surface area contributed by atoms with Gasteiger partial charge in [-0.3, -0.25) is 0 Å². The zero-order chi connectivity index (χ0) is 15.4.